The van der Waals surface area contributed by atoms with Gasteiger partial charge in [0, 0.05) is 12.7 Å². The van der Waals surface area contributed by atoms with Crippen molar-refractivity contribution in [2.75, 3.05) is 11.9 Å². The number of nitrogens with one attached hydrogen (secondary N) is 2. The van der Waals surface area contributed by atoms with E-state index >= 15 is 0 Å². The van der Waals surface area contributed by atoms with Crippen LogP contribution in [-0.2, 0) is 0 Å². The molecule has 0 radical (unpaired) electrons. The Hall–Kier alpha value is -1.36. The topological polar surface area (TPSA) is 66.5 Å². The summed E-state index contributed by atoms with van der Waals surface area (Å²) < 4.78 is 0. The van der Waals surface area contributed by atoms with Crippen molar-refractivity contribution >= 4 is 29.3 Å². The number of rotatable bonds is 4. The summed E-state index contributed by atoms with van der Waals surface area (Å²) in [5.41, 5.74) is 0.777. The Morgan fingerprint density at radius 2 is 2.33 bits per heavy atom. The molecule has 6 heteroatoms. The van der Waals surface area contributed by atoms with Crippen molar-refractivity contribution < 1.29 is 0 Å². The highest BCUT2D eigenvalue weighted by Crippen LogP contribution is 2.16. The molecule has 0 aliphatic carbocycles. The normalized spacial score (nSPS) is 9.93. The maximum absolute atomic E-state index is 4.13. The zero-order valence-corrected chi connectivity index (χ0v) is 9.34. The molecule has 2 rings (SSSR count). The maximum Gasteiger partial charge on any atom is 0.160 e. The minimum Gasteiger partial charge on any atom is -0.368 e. The van der Waals surface area contributed by atoms with Crippen LogP contribution in [0.25, 0.3) is 11.0 Å². The van der Waals surface area contributed by atoms with E-state index in [9.17, 15) is 0 Å². The van der Waals surface area contributed by atoms with E-state index in [4.69, 9.17) is 0 Å². The van der Waals surface area contributed by atoms with E-state index in [0.717, 1.165) is 29.8 Å². The molecule has 0 unspecified atom stereocenters. The fourth-order valence-electron chi connectivity index (χ4n) is 1.28. The average Bonchev–Trinajstić information content (AvgIpc) is 2.63. The van der Waals surface area contributed by atoms with Crippen LogP contribution in [0.4, 0.5) is 5.82 Å². The molecule has 15 heavy (non-hydrogen) atoms. The lowest BCUT2D eigenvalue weighted by atomic mass is 10.3. The summed E-state index contributed by atoms with van der Waals surface area (Å²) in [5.74, 6) is 0.842. The largest absolute Gasteiger partial charge is 0.368 e. The van der Waals surface area contributed by atoms with Crippen molar-refractivity contribution in [2.45, 2.75) is 19.8 Å². The fraction of sp³-hybridized carbons (Fsp3) is 0.444. The van der Waals surface area contributed by atoms with Gasteiger partial charge in [0.1, 0.15) is 6.33 Å². The summed E-state index contributed by atoms with van der Waals surface area (Å²) in [5, 5.41) is 11.2. The molecule has 0 aliphatic heterocycles. The quantitative estimate of drug-likeness (QED) is 0.784. The highest BCUT2D eigenvalue weighted by Gasteiger charge is 2.04. The zero-order valence-electron chi connectivity index (χ0n) is 8.53. The Bertz CT molecular complexity index is 414. The predicted molar refractivity (Wildman–Crippen MR) is 62.3 cm³/mol. The van der Waals surface area contributed by atoms with Gasteiger partial charge in [-0.1, -0.05) is 13.3 Å². The van der Waals surface area contributed by atoms with Gasteiger partial charge in [0.15, 0.2) is 11.5 Å². The lowest BCUT2D eigenvalue weighted by Gasteiger charge is -2.00. The zero-order chi connectivity index (χ0) is 9.80. The first-order chi connectivity index (χ1) is 6.92. The Balaban J connectivity index is 0.00000112. The number of aromatic amines is 1. The van der Waals surface area contributed by atoms with E-state index in [2.05, 4.69) is 32.4 Å². The van der Waals surface area contributed by atoms with Crippen molar-refractivity contribution in [2.24, 2.45) is 0 Å². The van der Waals surface area contributed by atoms with Gasteiger partial charge in [0.2, 0.25) is 0 Å². The molecule has 2 aromatic heterocycles. The summed E-state index contributed by atoms with van der Waals surface area (Å²) in [6, 6.07) is 0. The Morgan fingerprint density at radius 3 is 3.13 bits per heavy atom. The number of hydrogen-bond acceptors (Lipinski definition) is 4. The molecule has 2 heterocycles. The van der Waals surface area contributed by atoms with Gasteiger partial charge in [-0.15, -0.1) is 12.4 Å². The van der Waals surface area contributed by atoms with Gasteiger partial charge in [-0.25, -0.2) is 9.97 Å². The molecular formula is C9H14ClN5. The molecule has 0 spiro atoms. The van der Waals surface area contributed by atoms with Crippen LogP contribution in [0.2, 0.25) is 0 Å². The molecule has 2 aromatic rings. The highest BCUT2D eigenvalue weighted by molar-refractivity contribution is 5.86. The smallest absolute Gasteiger partial charge is 0.160 e. The summed E-state index contributed by atoms with van der Waals surface area (Å²) >= 11 is 0. The van der Waals surface area contributed by atoms with Crippen molar-refractivity contribution in [1.29, 1.82) is 0 Å². The molecule has 0 aromatic carbocycles. The number of anilines is 1. The van der Waals surface area contributed by atoms with Gasteiger partial charge in [-0.05, 0) is 6.42 Å². The van der Waals surface area contributed by atoms with Crippen LogP contribution in [-0.4, -0.2) is 26.7 Å². The van der Waals surface area contributed by atoms with Crippen molar-refractivity contribution in [3.63, 3.8) is 0 Å². The molecule has 0 atom stereocenters. The lowest BCUT2D eigenvalue weighted by molar-refractivity contribution is 0.830. The van der Waals surface area contributed by atoms with Gasteiger partial charge in [-0.2, -0.15) is 5.10 Å². The summed E-state index contributed by atoms with van der Waals surface area (Å²) in [6.45, 7) is 3.10. The SMILES string of the molecule is CCCCNc1n[nH]c2ncncc12.Cl. The maximum atomic E-state index is 4.13. The first-order valence-electron chi connectivity index (χ1n) is 4.79. The first-order valence-corrected chi connectivity index (χ1v) is 4.79. The molecule has 0 amide bonds. The summed E-state index contributed by atoms with van der Waals surface area (Å²) in [6.07, 6.45) is 5.59. The third kappa shape index (κ3) is 2.56. The second-order valence-corrected chi connectivity index (χ2v) is 3.14. The number of halogens is 1. The van der Waals surface area contributed by atoms with Crippen LogP contribution in [0.3, 0.4) is 0 Å². The van der Waals surface area contributed by atoms with Crippen molar-refractivity contribution in [3.05, 3.63) is 12.5 Å². The number of fused-ring (bicyclic) bond motifs is 1. The van der Waals surface area contributed by atoms with Crippen LogP contribution in [0.5, 0.6) is 0 Å². The molecule has 0 saturated carbocycles. The number of nitrogens with zero attached hydrogens (tertiary/aromatic N) is 3. The predicted octanol–water partition coefficient (Wildman–Crippen LogP) is 1.99. The van der Waals surface area contributed by atoms with Gasteiger partial charge in [-0.3, -0.25) is 5.10 Å². The minimum atomic E-state index is 0. The second-order valence-electron chi connectivity index (χ2n) is 3.14. The summed E-state index contributed by atoms with van der Waals surface area (Å²) in [4.78, 5) is 8.02. The molecular weight excluding hydrogens is 214 g/mol. The fourth-order valence-corrected chi connectivity index (χ4v) is 1.28. The van der Waals surface area contributed by atoms with Crippen LogP contribution in [0, 0.1) is 0 Å². The third-order valence-corrected chi connectivity index (χ3v) is 2.06. The van der Waals surface area contributed by atoms with E-state index in [-0.39, 0.29) is 12.4 Å². The van der Waals surface area contributed by atoms with Gasteiger partial charge in [0.05, 0.1) is 5.39 Å². The third-order valence-electron chi connectivity index (χ3n) is 2.06. The monoisotopic (exact) mass is 227 g/mol. The van der Waals surface area contributed by atoms with E-state index in [1.165, 1.54) is 12.7 Å². The van der Waals surface area contributed by atoms with E-state index in [1.54, 1.807) is 6.20 Å². The molecule has 0 fully saturated rings. The summed E-state index contributed by atoms with van der Waals surface area (Å²) in [7, 11) is 0. The second kappa shape index (κ2) is 5.50. The Morgan fingerprint density at radius 1 is 1.47 bits per heavy atom. The Labute approximate surface area is 94.1 Å². The standard InChI is InChI=1S/C9H13N5.ClH/c1-2-3-4-11-8-7-5-10-6-12-9(7)14-13-8;/h5-6H,2-4H2,1H3,(H2,10,11,12,13,14);1H. The highest BCUT2D eigenvalue weighted by atomic mass is 35.5. The lowest BCUT2D eigenvalue weighted by Crippen LogP contribution is -2.01. The molecule has 0 bridgehead atoms. The van der Waals surface area contributed by atoms with E-state index in [0.29, 0.717) is 0 Å². The van der Waals surface area contributed by atoms with Crippen LogP contribution in [0.1, 0.15) is 19.8 Å². The van der Waals surface area contributed by atoms with Crippen LogP contribution >= 0.6 is 12.4 Å². The average molecular weight is 228 g/mol. The van der Waals surface area contributed by atoms with Gasteiger partial charge < -0.3 is 5.32 Å². The van der Waals surface area contributed by atoms with Gasteiger partial charge in [0.25, 0.3) is 0 Å². The number of unbranched alkanes of at least 4 members (excludes halogenated alkanes) is 1. The van der Waals surface area contributed by atoms with Crippen LogP contribution in [0.15, 0.2) is 12.5 Å². The van der Waals surface area contributed by atoms with Gasteiger partial charge >= 0.3 is 0 Å². The van der Waals surface area contributed by atoms with Crippen molar-refractivity contribution in [3.8, 4) is 0 Å². The number of aromatic nitrogens is 4. The van der Waals surface area contributed by atoms with E-state index in [1.807, 2.05) is 0 Å². The minimum absolute atomic E-state index is 0. The number of H-pyrrole nitrogens is 1. The van der Waals surface area contributed by atoms with Crippen LogP contribution < -0.4 is 5.32 Å². The molecule has 2 N–H and O–H groups in total. The van der Waals surface area contributed by atoms with Crippen molar-refractivity contribution in [1.82, 2.24) is 20.2 Å². The van der Waals surface area contributed by atoms with E-state index < -0.39 is 0 Å². The molecule has 0 saturated heterocycles. The Kier molecular flexibility index (Phi) is 4.30. The molecule has 82 valence electrons. The number of hydrogen-bond donors (Lipinski definition) is 2. The molecule has 0 aliphatic rings. The first kappa shape index (κ1) is 11.7. The molecule has 5 nitrogen and oxygen atoms in total.